The summed E-state index contributed by atoms with van der Waals surface area (Å²) in [5, 5.41) is 12.2. The van der Waals surface area contributed by atoms with Gasteiger partial charge in [0, 0.05) is 29.6 Å². The first-order valence-corrected chi connectivity index (χ1v) is 5.86. The van der Waals surface area contributed by atoms with Gasteiger partial charge in [-0.3, -0.25) is 4.98 Å². The molecule has 4 heteroatoms. The van der Waals surface area contributed by atoms with Crippen molar-refractivity contribution in [1.82, 2.24) is 10.3 Å². The minimum Gasteiger partial charge on any atom is -0.467 e. The molecule has 0 fully saturated rings. The van der Waals surface area contributed by atoms with E-state index < -0.39 is 0 Å². The number of nitrogens with zero attached hydrogens (tertiary/aromatic N) is 2. The van der Waals surface area contributed by atoms with Crippen molar-refractivity contribution in [2.75, 3.05) is 0 Å². The lowest BCUT2D eigenvalue weighted by atomic mass is 10.1. The van der Waals surface area contributed by atoms with Crippen LogP contribution < -0.4 is 5.32 Å². The van der Waals surface area contributed by atoms with Crippen molar-refractivity contribution >= 4 is 0 Å². The molecule has 2 aromatic rings. The molecular weight excluding hydrogens is 226 g/mol. The molecule has 0 amide bonds. The monoisotopic (exact) mass is 241 g/mol. The normalized spacial score (nSPS) is 10.6. The van der Waals surface area contributed by atoms with Crippen LogP contribution in [0.3, 0.4) is 0 Å². The van der Waals surface area contributed by atoms with E-state index in [0.29, 0.717) is 18.2 Å². The first kappa shape index (κ1) is 12.3. The fourth-order valence-corrected chi connectivity index (χ4v) is 1.68. The van der Waals surface area contributed by atoms with Crippen LogP contribution in [0.15, 0.2) is 35.2 Å². The summed E-state index contributed by atoms with van der Waals surface area (Å²) in [6.45, 7) is 4.83. The van der Waals surface area contributed by atoms with Gasteiger partial charge in [-0.25, -0.2) is 0 Å². The van der Waals surface area contributed by atoms with Crippen molar-refractivity contribution < 1.29 is 4.42 Å². The first-order valence-electron chi connectivity index (χ1n) is 5.86. The Labute approximate surface area is 106 Å². The molecule has 0 aromatic carbocycles. The summed E-state index contributed by atoms with van der Waals surface area (Å²) in [6, 6.07) is 6.20. The zero-order valence-electron chi connectivity index (χ0n) is 10.5. The fraction of sp³-hybridized carbons (Fsp3) is 0.286. The van der Waals surface area contributed by atoms with E-state index in [1.54, 1.807) is 18.7 Å². The molecule has 4 nitrogen and oxygen atoms in total. The highest BCUT2D eigenvalue weighted by molar-refractivity contribution is 5.65. The molecular formula is C14H15N3O. The molecule has 2 rings (SSSR count). The van der Waals surface area contributed by atoms with Crippen LogP contribution in [-0.2, 0) is 6.54 Å². The number of hydrogen-bond acceptors (Lipinski definition) is 4. The Balaban J connectivity index is 2.28. The highest BCUT2D eigenvalue weighted by Gasteiger charge is 2.10. The van der Waals surface area contributed by atoms with Gasteiger partial charge < -0.3 is 9.73 Å². The molecule has 0 aliphatic heterocycles. The molecule has 0 spiro atoms. The highest BCUT2D eigenvalue weighted by Crippen LogP contribution is 2.24. The Hall–Kier alpha value is -2.12. The van der Waals surface area contributed by atoms with Gasteiger partial charge in [0.15, 0.2) is 0 Å². The molecule has 0 atom stereocenters. The zero-order chi connectivity index (χ0) is 13.0. The third kappa shape index (κ3) is 2.76. The molecule has 0 unspecified atom stereocenters. The minimum absolute atomic E-state index is 0.395. The van der Waals surface area contributed by atoms with Gasteiger partial charge in [0.25, 0.3) is 0 Å². The largest absolute Gasteiger partial charge is 0.467 e. The minimum atomic E-state index is 0.395. The highest BCUT2D eigenvalue weighted by atomic mass is 16.3. The molecule has 0 bridgehead atoms. The van der Waals surface area contributed by atoms with Crippen molar-refractivity contribution in [3.8, 4) is 17.2 Å². The number of nitrogens with one attached hydrogen (secondary N) is 1. The molecule has 0 saturated heterocycles. The third-order valence-corrected chi connectivity index (χ3v) is 2.59. The second kappa shape index (κ2) is 5.48. The molecule has 92 valence electrons. The van der Waals surface area contributed by atoms with Crippen LogP contribution in [-0.4, -0.2) is 11.0 Å². The second-order valence-electron chi connectivity index (χ2n) is 4.37. The number of pyridine rings is 1. The fourth-order valence-electron chi connectivity index (χ4n) is 1.68. The van der Waals surface area contributed by atoms with Crippen LogP contribution in [0.5, 0.6) is 0 Å². The molecule has 0 saturated carbocycles. The summed E-state index contributed by atoms with van der Waals surface area (Å²) in [4.78, 5) is 4.06. The van der Waals surface area contributed by atoms with E-state index in [0.717, 1.165) is 16.9 Å². The molecule has 18 heavy (non-hydrogen) atoms. The average Bonchev–Trinajstić information content (AvgIpc) is 2.84. The predicted octanol–water partition coefficient (Wildman–Crippen LogP) is 2.71. The van der Waals surface area contributed by atoms with Crippen molar-refractivity contribution in [2.45, 2.75) is 26.4 Å². The quantitative estimate of drug-likeness (QED) is 0.894. The molecule has 1 N–H and O–H groups in total. The lowest BCUT2D eigenvalue weighted by Gasteiger charge is -2.07. The molecule has 2 aromatic heterocycles. The Bertz CT molecular complexity index is 566. The lowest BCUT2D eigenvalue weighted by molar-refractivity contribution is 0.466. The summed E-state index contributed by atoms with van der Waals surface area (Å²) in [5.41, 5.74) is 2.44. The van der Waals surface area contributed by atoms with Gasteiger partial charge in [-0.15, -0.1) is 0 Å². The van der Waals surface area contributed by atoms with Crippen LogP contribution in [0.25, 0.3) is 11.1 Å². The summed E-state index contributed by atoms with van der Waals surface area (Å²) in [6.07, 6.45) is 4.95. The predicted molar refractivity (Wildman–Crippen MR) is 68.6 cm³/mol. The van der Waals surface area contributed by atoms with E-state index in [1.165, 1.54) is 0 Å². The number of hydrogen-bond donors (Lipinski definition) is 1. The summed E-state index contributed by atoms with van der Waals surface area (Å²) < 4.78 is 5.47. The van der Waals surface area contributed by atoms with Crippen molar-refractivity contribution in [2.24, 2.45) is 0 Å². The van der Waals surface area contributed by atoms with Crippen molar-refractivity contribution in [1.29, 1.82) is 5.26 Å². The van der Waals surface area contributed by atoms with Crippen molar-refractivity contribution in [3.05, 3.63) is 42.1 Å². The summed E-state index contributed by atoms with van der Waals surface area (Å²) in [5.74, 6) is 0.862. The molecule has 0 aliphatic rings. The van der Waals surface area contributed by atoms with E-state index >= 15 is 0 Å². The van der Waals surface area contributed by atoms with Gasteiger partial charge in [-0.05, 0) is 12.1 Å². The van der Waals surface area contributed by atoms with Gasteiger partial charge in [0.2, 0.25) is 0 Å². The maximum Gasteiger partial charge on any atom is 0.125 e. The summed E-state index contributed by atoms with van der Waals surface area (Å²) >= 11 is 0. The standard InChI is InChI=1S/C14H15N3O/c1-10(2)17-9-14-13(3-4-18-14)12-5-11(6-15)7-16-8-12/h3-5,7-8,10,17H,9H2,1-2H3. The van der Waals surface area contributed by atoms with Gasteiger partial charge >= 0.3 is 0 Å². The average molecular weight is 241 g/mol. The van der Waals surface area contributed by atoms with Crippen LogP contribution in [0, 0.1) is 11.3 Å². The zero-order valence-corrected chi connectivity index (χ0v) is 10.5. The molecule has 0 radical (unpaired) electrons. The number of aromatic nitrogens is 1. The van der Waals surface area contributed by atoms with Crippen LogP contribution in [0.1, 0.15) is 25.2 Å². The van der Waals surface area contributed by atoms with E-state index in [1.807, 2.05) is 12.1 Å². The van der Waals surface area contributed by atoms with Crippen LogP contribution >= 0.6 is 0 Å². The lowest BCUT2D eigenvalue weighted by Crippen LogP contribution is -2.21. The Morgan fingerprint density at radius 3 is 3.00 bits per heavy atom. The second-order valence-corrected chi connectivity index (χ2v) is 4.37. The Kier molecular flexibility index (Phi) is 3.75. The number of nitriles is 1. The van der Waals surface area contributed by atoms with Gasteiger partial charge in [-0.1, -0.05) is 13.8 Å². The van der Waals surface area contributed by atoms with E-state index in [2.05, 4.69) is 30.2 Å². The van der Waals surface area contributed by atoms with E-state index in [-0.39, 0.29) is 0 Å². The van der Waals surface area contributed by atoms with Gasteiger partial charge in [0.1, 0.15) is 11.8 Å². The number of rotatable bonds is 4. The maximum absolute atomic E-state index is 8.88. The third-order valence-electron chi connectivity index (χ3n) is 2.59. The van der Waals surface area contributed by atoms with E-state index in [9.17, 15) is 0 Å². The first-order chi connectivity index (χ1) is 8.70. The van der Waals surface area contributed by atoms with Crippen molar-refractivity contribution in [3.63, 3.8) is 0 Å². The topological polar surface area (TPSA) is 61.9 Å². The number of furan rings is 1. The van der Waals surface area contributed by atoms with Crippen LogP contribution in [0.2, 0.25) is 0 Å². The smallest absolute Gasteiger partial charge is 0.125 e. The summed E-state index contributed by atoms with van der Waals surface area (Å²) in [7, 11) is 0. The SMILES string of the molecule is CC(C)NCc1occc1-c1cncc(C#N)c1. The maximum atomic E-state index is 8.88. The Morgan fingerprint density at radius 2 is 2.28 bits per heavy atom. The molecule has 0 aliphatic carbocycles. The van der Waals surface area contributed by atoms with Gasteiger partial charge in [-0.2, -0.15) is 5.26 Å². The van der Waals surface area contributed by atoms with Gasteiger partial charge in [0.05, 0.1) is 18.4 Å². The molecule has 2 heterocycles. The van der Waals surface area contributed by atoms with E-state index in [4.69, 9.17) is 9.68 Å². The van der Waals surface area contributed by atoms with Crippen LogP contribution in [0.4, 0.5) is 0 Å². The Morgan fingerprint density at radius 1 is 1.44 bits per heavy atom.